The average Bonchev–Trinajstić information content (AvgIpc) is 3.04. The molecular weight excluding hydrogens is 390 g/mol. The van der Waals surface area contributed by atoms with E-state index in [9.17, 15) is 9.59 Å². The van der Waals surface area contributed by atoms with E-state index < -0.39 is 0 Å². The van der Waals surface area contributed by atoms with Crippen molar-refractivity contribution in [2.45, 2.75) is 31.3 Å². The first kappa shape index (κ1) is 19.7. The largest absolute Gasteiger partial charge is 0.497 e. The Kier molecular flexibility index (Phi) is 5.74. The van der Waals surface area contributed by atoms with Crippen LogP contribution in [0.2, 0.25) is 5.02 Å². The summed E-state index contributed by atoms with van der Waals surface area (Å²) in [4.78, 5) is 28.0. The van der Waals surface area contributed by atoms with Crippen LogP contribution in [0.15, 0.2) is 48.5 Å². The van der Waals surface area contributed by atoms with E-state index in [4.69, 9.17) is 16.3 Å². The number of anilines is 2. The molecule has 2 aliphatic heterocycles. The zero-order chi connectivity index (χ0) is 20.4. The highest BCUT2D eigenvalue weighted by molar-refractivity contribution is 6.30. The second-order valence-electron chi connectivity index (χ2n) is 7.61. The second-order valence-corrected chi connectivity index (χ2v) is 8.04. The average molecular weight is 415 g/mol. The molecule has 6 nitrogen and oxygen atoms in total. The SMILES string of the molecule is COc1ccc(NC2CC[NH+]([C@@H]3CC(=O)N(c4ccc(Cl)cc4)C3=O)CC2)cc1. The number of rotatable bonds is 5. The molecule has 152 valence electrons. The van der Waals surface area contributed by atoms with Crippen LogP contribution in [0, 0.1) is 0 Å². The molecule has 0 saturated carbocycles. The van der Waals surface area contributed by atoms with Gasteiger partial charge in [-0.05, 0) is 48.5 Å². The van der Waals surface area contributed by atoms with Crippen LogP contribution < -0.4 is 19.9 Å². The molecule has 0 aromatic heterocycles. The number of carbonyl (C=O) groups excluding carboxylic acids is 2. The van der Waals surface area contributed by atoms with Crippen molar-refractivity contribution >= 4 is 34.8 Å². The van der Waals surface area contributed by atoms with Crippen LogP contribution >= 0.6 is 11.6 Å². The zero-order valence-electron chi connectivity index (χ0n) is 16.4. The van der Waals surface area contributed by atoms with Gasteiger partial charge in [0, 0.05) is 29.6 Å². The first-order valence-corrected chi connectivity index (χ1v) is 10.3. The number of nitrogens with zero attached hydrogens (tertiary/aromatic N) is 1. The van der Waals surface area contributed by atoms with Gasteiger partial charge < -0.3 is 15.0 Å². The zero-order valence-corrected chi connectivity index (χ0v) is 17.1. The number of halogens is 1. The number of ether oxygens (including phenoxy) is 1. The van der Waals surface area contributed by atoms with E-state index in [-0.39, 0.29) is 24.3 Å². The smallest absolute Gasteiger partial charge is 0.292 e. The maximum atomic E-state index is 13.0. The summed E-state index contributed by atoms with van der Waals surface area (Å²) in [5.41, 5.74) is 1.67. The van der Waals surface area contributed by atoms with Crippen LogP contribution in [0.25, 0.3) is 0 Å². The van der Waals surface area contributed by atoms with Crippen molar-refractivity contribution in [2.75, 3.05) is 30.4 Å². The summed E-state index contributed by atoms with van der Waals surface area (Å²) in [6.07, 6.45) is 2.19. The highest BCUT2D eigenvalue weighted by atomic mass is 35.5. The number of benzene rings is 2. The second kappa shape index (κ2) is 8.43. The Morgan fingerprint density at radius 3 is 2.31 bits per heavy atom. The van der Waals surface area contributed by atoms with Gasteiger partial charge >= 0.3 is 0 Å². The maximum Gasteiger partial charge on any atom is 0.292 e. The standard InChI is InChI=1S/C22H24ClN3O3/c1-29-19-8-4-16(5-9-19)24-17-10-12-25(13-11-17)20-14-21(27)26(22(20)28)18-6-2-15(23)3-7-18/h2-9,17,20,24H,10-14H2,1H3/p+1/t20-/m1/s1. The van der Waals surface area contributed by atoms with Crippen LogP contribution in [0.5, 0.6) is 5.75 Å². The summed E-state index contributed by atoms with van der Waals surface area (Å²) >= 11 is 5.92. The van der Waals surface area contributed by atoms with Gasteiger partial charge in [-0.3, -0.25) is 9.59 Å². The van der Waals surface area contributed by atoms with Crippen molar-refractivity contribution in [3.8, 4) is 5.75 Å². The van der Waals surface area contributed by atoms with E-state index in [1.165, 1.54) is 9.80 Å². The predicted octanol–water partition coefficient (Wildman–Crippen LogP) is 2.14. The molecule has 4 rings (SSSR count). The molecule has 2 fully saturated rings. The summed E-state index contributed by atoms with van der Waals surface area (Å²) in [6, 6.07) is 14.8. The molecule has 2 heterocycles. The Morgan fingerprint density at radius 1 is 1.03 bits per heavy atom. The lowest BCUT2D eigenvalue weighted by Gasteiger charge is -2.32. The number of methoxy groups -OCH3 is 1. The molecule has 2 amide bonds. The molecule has 2 N–H and O–H groups in total. The van der Waals surface area contributed by atoms with Gasteiger partial charge in [-0.1, -0.05) is 11.6 Å². The van der Waals surface area contributed by atoms with Crippen molar-refractivity contribution in [3.63, 3.8) is 0 Å². The Morgan fingerprint density at radius 2 is 1.69 bits per heavy atom. The van der Waals surface area contributed by atoms with Crippen LogP contribution in [-0.2, 0) is 9.59 Å². The van der Waals surface area contributed by atoms with Gasteiger partial charge in [0.25, 0.3) is 5.91 Å². The number of likely N-dealkylation sites (tertiary alicyclic amines) is 1. The number of imide groups is 1. The van der Waals surface area contributed by atoms with E-state index in [0.717, 1.165) is 37.4 Å². The fraction of sp³-hybridized carbons (Fsp3) is 0.364. The lowest BCUT2D eigenvalue weighted by atomic mass is 10.0. The Hall–Kier alpha value is -2.57. The Bertz CT molecular complexity index is 877. The summed E-state index contributed by atoms with van der Waals surface area (Å²) in [6.45, 7) is 1.73. The lowest BCUT2D eigenvalue weighted by Crippen LogP contribution is -3.17. The van der Waals surface area contributed by atoms with Crippen molar-refractivity contribution in [3.05, 3.63) is 53.6 Å². The van der Waals surface area contributed by atoms with Crippen molar-refractivity contribution in [1.29, 1.82) is 0 Å². The molecule has 1 atom stereocenters. The van der Waals surface area contributed by atoms with Gasteiger partial charge in [0.2, 0.25) is 5.91 Å². The molecule has 0 radical (unpaired) electrons. The summed E-state index contributed by atoms with van der Waals surface area (Å²) in [5, 5.41) is 4.14. The molecule has 0 aliphatic carbocycles. The maximum absolute atomic E-state index is 13.0. The monoisotopic (exact) mass is 414 g/mol. The number of piperidine rings is 1. The molecule has 2 aromatic carbocycles. The van der Waals surface area contributed by atoms with Crippen LogP contribution in [0.4, 0.5) is 11.4 Å². The topological polar surface area (TPSA) is 63.1 Å². The number of nitrogens with one attached hydrogen (secondary N) is 2. The van der Waals surface area contributed by atoms with Crippen molar-refractivity contribution in [1.82, 2.24) is 0 Å². The molecule has 0 unspecified atom stereocenters. The quantitative estimate of drug-likeness (QED) is 0.736. The molecular formula is C22H25ClN3O3+. The normalized spacial score (nSPS) is 24.6. The Labute approximate surface area is 175 Å². The minimum Gasteiger partial charge on any atom is -0.497 e. The van der Waals surface area contributed by atoms with Gasteiger partial charge in [0.05, 0.1) is 32.3 Å². The number of amides is 2. The van der Waals surface area contributed by atoms with Gasteiger partial charge in [-0.15, -0.1) is 0 Å². The molecule has 29 heavy (non-hydrogen) atoms. The number of carbonyl (C=O) groups is 2. The molecule has 0 spiro atoms. The predicted molar refractivity (Wildman–Crippen MR) is 113 cm³/mol. The van der Waals surface area contributed by atoms with Gasteiger partial charge in [-0.25, -0.2) is 4.90 Å². The minimum absolute atomic E-state index is 0.103. The van der Waals surface area contributed by atoms with Crippen molar-refractivity contribution < 1.29 is 19.2 Å². The Balaban J connectivity index is 1.35. The van der Waals surface area contributed by atoms with E-state index in [1.54, 1.807) is 31.4 Å². The third-order valence-corrected chi connectivity index (χ3v) is 6.06. The van der Waals surface area contributed by atoms with Crippen LogP contribution in [-0.4, -0.2) is 44.1 Å². The van der Waals surface area contributed by atoms with Gasteiger partial charge in [0.15, 0.2) is 6.04 Å². The number of quaternary nitrogens is 1. The molecule has 2 aliphatic rings. The summed E-state index contributed by atoms with van der Waals surface area (Å²) < 4.78 is 5.19. The number of hydrogen-bond acceptors (Lipinski definition) is 4. The third kappa shape index (κ3) is 4.23. The third-order valence-electron chi connectivity index (χ3n) is 5.81. The van der Waals surface area contributed by atoms with E-state index >= 15 is 0 Å². The van der Waals surface area contributed by atoms with Crippen LogP contribution in [0.3, 0.4) is 0 Å². The highest BCUT2D eigenvalue weighted by Gasteiger charge is 2.46. The van der Waals surface area contributed by atoms with Crippen molar-refractivity contribution in [2.24, 2.45) is 0 Å². The molecule has 0 bridgehead atoms. The fourth-order valence-electron chi connectivity index (χ4n) is 4.22. The minimum atomic E-state index is -0.292. The summed E-state index contributed by atoms with van der Waals surface area (Å²) in [7, 11) is 1.66. The molecule has 2 aromatic rings. The lowest BCUT2D eigenvalue weighted by molar-refractivity contribution is -0.919. The molecule has 2 saturated heterocycles. The van der Waals surface area contributed by atoms with E-state index in [0.29, 0.717) is 16.8 Å². The fourth-order valence-corrected chi connectivity index (χ4v) is 4.34. The highest BCUT2D eigenvalue weighted by Crippen LogP contribution is 2.24. The van der Waals surface area contributed by atoms with Crippen LogP contribution in [0.1, 0.15) is 19.3 Å². The molecule has 7 heteroatoms. The number of hydrogen-bond donors (Lipinski definition) is 2. The van der Waals surface area contributed by atoms with E-state index in [2.05, 4.69) is 5.32 Å². The summed E-state index contributed by atoms with van der Waals surface area (Å²) in [5.74, 6) is 0.603. The first-order chi connectivity index (χ1) is 14.0. The van der Waals surface area contributed by atoms with Gasteiger partial charge in [-0.2, -0.15) is 0 Å². The first-order valence-electron chi connectivity index (χ1n) is 9.92. The van der Waals surface area contributed by atoms with E-state index in [1.807, 2.05) is 24.3 Å². The van der Waals surface area contributed by atoms with Gasteiger partial charge in [0.1, 0.15) is 5.75 Å².